The summed E-state index contributed by atoms with van der Waals surface area (Å²) in [5, 5.41) is 5.96. The molecule has 1 saturated carbocycles. The van der Waals surface area contributed by atoms with E-state index < -0.39 is 0 Å². The summed E-state index contributed by atoms with van der Waals surface area (Å²) in [6.45, 7) is 1.24. The molecule has 1 aromatic rings. The Morgan fingerprint density at radius 2 is 2.40 bits per heavy atom. The Morgan fingerprint density at radius 3 is 2.93 bits per heavy atom. The monoisotopic (exact) mass is 208 g/mol. The molecular weight excluding hydrogens is 192 g/mol. The van der Waals surface area contributed by atoms with E-state index in [1.807, 2.05) is 19.2 Å². The lowest BCUT2D eigenvalue weighted by Gasteiger charge is -2.13. The molecule has 0 aromatic carbocycles. The zero-order chi connectivity index (χ0) is 10.7. The van der Waals surface area contributed by atoms with Crippen molar-refractivity contribution in [2.45, 2.75) is 19.4 Å². The molecule has 0 spiro atoms. The summed E-state index contributed by atoms with van der Waals surface area (Å²) in [4.78, 5) is 11.8. The van der Waals surface area contributed by atoms with Crippen LogP contribution in [0, 0.1) is 5.41 Å². The molecule has 1 heterocycles. The molecule has 4 heteroatoms. The quantitative estimate of drug-likeness (QED) is 0.755. The average molecular weight is 208 g/mol. The number of carbonyl (C=O) groups is 1. The van der Waals surface area contributed by atoms with Crippen molar-refractivity contribution in [3.8, 4) is 0 Å². The second-order valence-corrected chi connectivity index (χ2v) is 4.07. The van der Waals surface area contributed by atoms with Gasteiger partial charge in [-0.05, 0) is 32.0 Å². The van der Waals surface area contributed by atoms with Crippen molar-refractivity contribution in [3.05, 3.63) is 24.2 Å². The third-order valence-corrected chi connectivity index (χ3v) is 2.85. The molecule has 1 aromatic heterocycles. The zero-order valence-corrected chi connectivity index (χ0v) is 8.88. The highest BCUT2D eigenvalue weighted by Gasteiger charge is 2.48. The van der Waals surface area contributed by atoms with Gasteiger partial charge in [-0.15, -0.1) is 0 Å². The highest BCUT2D eigenvalue weighted by atomic mass is 16.3. The van der Waals surface area contributed by atoms with Crippen molar-refractivity contribution < 1.29 is 9.21 Å². The van der Waals surface area contributed by atoms with Gasteiger partial charge in [0.15, 0.2) is 0 Å². The molecule has 4 nitrogen and oxygen atoms in total. The number of hydrogen-bond donors (Lipinski definition) is 2. The normalized spacial score (nSPS) is 17.4. The lowest BCUT2D eigenvalue weighted by atomic mass is 10.1. The third-order valence-electron chi connectivity index (χ3n) is 2.85. The molecule has 1 aliphatic rings. The molecule has 15 heavy (non-hydrogen) atoms. The summed E-state index contributed by atoms with van der Waals surface area (Å²) < 4.78 is 5.15. The smallest absolute Gasteiger partial charge is 0.227 e. The van der Waals surface area contributed by atoms with Gasteiger partial charge >= 0.3 is 0 Å². The molecule has 0 saturated heterocycles. The summed E-state index contributed by atoms with van der Waals surface area (Å²) in [6.07, 6.45) is 3.58. The molecule has 0 radical (unpaired) electrons. The molecule has 1 amide bonds. The van der Waals surface area contributed by atoms with Crippen molar-refractivity contribution in [3.63, 3.8) is 0 Å². The largest absolute Gasteiger partial charge is 0.467 e. The van der Waals surface area contributed by atoms with Crippen LogP contribution in [0.3, 0.4) is 0 Å². The molecule has 0 atom stereocenters. The van der Waals surface area contributed by atoms with Crippen LogP contribution in [0.15, 0.2) is 22.8 Å². The predicted octanol–water partition coefficient (Wildman–Crippen LogP) is 0.895. The Morgan fingerprint density at radius 1 is 1.60 bits per heavy atom. The van der Waals surface area contributed by atoms with Crippen LogP contribution in [0.1, 0.15) is 18.6 Å². The maximum absolute atomic E-state index is 11.8. The number of hydrogen-bond acceptors (Lipinski definition) is 3. The lowest BCUT2D eigenvalue weighted by molar-refractivity contribution is -0.126. The van der Waals surface area contributed by atoms with Crippen LogP contribution >= 0.6 is 0 Å². The Labute approximate surface area is 89.0 Å². The standard InChI is InChI=1S/C11H16N2O2/c1-12-8-11(4-5-11)10(14)13-7-9-3-2-6-15-9/h2-3,6,12H,4-5,7-8H2,1H3,(H,13,14). The third kappa shape index (κ3) is 2.21. The van der Waals surface area contributed by atoms with Crippen molar-refractivity contribution >= 4 is 5.91 Å². The number of amides is 1. The van der Waals surface area contributed by atoms with E-state index in [2.05, 4.69) is 10.6 Å². The number of carbonyl (C=O) groups excluding carboxylic acids is 1. The van der Waals surface area contributed by atoms with Gasteiger partial charge in [-0.1, -0.05) is 0 Å². The molecule has 2 N–H and O–H groups in total. The average Bonchev–Trinajstić information content (AvgIpc) is 2.83. The Kier molecular flexibility index (Phi) is 2.77. The van der Waals surface area contributed by atoms with Crippen molar-refractivity contribution in [1.29, 1.82) is 0 Å². The van der Waals surface area contributed by atoms with Crippen molar-refractivity contribution in [1.82, 2.24) is 10.6 Å². The summed E-state index contributed by atoms with van der Waals surface area (Å²) in [5.41, 5.74) is -0.151. The molecule has 0 unspecified atom stereocenters. The van der Waals surface area contributed by atoms with Gasteiger partial charge in [-0.25, -0.2) is 0 Å². The van der Waals surface area contributed by atoms with E-state index in [1.54, 1.807) is 6.26 Å². The van der Waals surface area contributed by atoms with Crippen LogP contribution < -0.4 is 10.6 Å². The van der Waals surface area contributed by atoms with E-state index in [0.717, 1.165) is 25.1 Å². The number of nitrogens with one attached hydrogen (secondary N) is 2. The summed E-state index contributed by atoms with van der Waals surface area (Å²) in [5.74, 6) is 0.928. The highest BCUT2D eigenvalue weighted by Crippen LogP contribution is 2.45. The van der Waals surface area contributed by atoms with Crippen molar-refractivity contribution in [2.24, 2.45) is 5.41 Å². The first-order valence-corrected chi connectivity index (χ1v) is 5.22. The maximum Gasteiger partial charge on any atom is 0.227 e. The first kappa shape index (κ1) is 10.2. The Balaban J connectivity index is 1.82. The maximum atomic E-state index is 11.8. The molecule has 82 valence electrons. The van der Waals surface area contributed by atoms with E-state index in [9.17, 15) is 4.79 Å². The van der Waals surface area contributed by atoms with Gasteiger partial charge in [0.1, 0.15) is 5.76 Å². The van der Waals surface area contributed by atoms with Crippen LogP contribution in [-0.4, -0.2) is 19.5 Å². The second kappa shape index (κ2) is 4.06. The van der Waals surface area contributed by atoms with Gasteiger partial charge in [0.2, 0.25) is 5.91 Å². The number of furan rings is 1. The minimum Gasteiger partial charge on any atom is -0.467 e. The summed E-state index contributed by atoms with van der Waals surface area (Å²) in [6, 6.07) is 3.68. The fourth-order valence-corrected chi connectivity index (χ4v) is 1.74. The van der Waals surface area contributed by atoms with Crippen molar-refractivity contribution in [2.75, 3.05) is 13.6 Å². The van der Waals surface area contributed by atoms with Gasteiger partial charge in [-0.2, -0.15) is 0 Å². The fourth-order valence-electron chi connectivity index (χ4n) is 1.74. The Bertz CT molecular complexity index is 328. The van der Waals surface area contributed by atoms with E-state index in [4.69, 9.17) is 4.42 Å². The zero-order valence-electron chi connectivity index (χ0n) is 8.88. The van der Waals surface area contributed by atoms with E-state index in [-0.39, 0.29) is 11.3 Å². The molecule has 0 aliphatic heterocycles. The summed E-state index contributed by atoms with van der Waals surface area (Å²) >= 11 is 0. The first-order chi connectivity index (χ1) is 7.27. The van der Waals surface area contributed by atoms with Crippen LogP contribution in [0.25, 0.3) is 0 Å². The van der Waals surface area contributed by atoms with Gasteiger partial charge in [0.25, 0.3) is 0 Å². The topological polar surface area (TPSA) is 54.3 Å². The van der Waals surface area contributed by atoms with Crippen LogP contribution in [0.4, 0.5) is 0 Å². The fraction of sp³-hybridized carbons (Fsp3) is 0.545. The van der Waals surface area contributed by atoms with Crippen LogP contribution in [0.5, 0.6) is 0 Å². The second-order valence-electron chi connectivity index (χ2n) is 4.07. The van der Waals surface area contributed by atoms with E-state index in [0.29, 0.717) is 6.54 Å². The molecule has 1 aliphatic carbocycles. The molecule has 1 fully saturated rings. The lowest BCUT2D eigenvalue weighted by Crippen LogP contribution is -2.37. The highest BCUT2D eigenvalue weighted by molar-refractivity contribution is 5.85. The first-order valence-electron chi connectivity index (χ1n) is 5.22. The van der Waals surface area contributed by atoms with Crippen LogP contribution in [-0.2, 0) is 11.3 Å². The SMILES string of the molecule is CNCC1(C(=O)NCc2ccco2)CC1. The number of rotatable bonds is 5. The van der Waals surface area contributed by atoms with Gasteiger partial charge in [0, 0.05) is 6.54 Å². The van der Waals surface area contributed by atoms with Gasteiger partial charge in [-0.3, -0.25) is 4.79 Å². The molecule has 2 rings (SSSR count). The van der Waals surface area contributed by atoms with E-state index >= 15 is 0 Å². The Hall–Kier alpha value is -1.29. The predicted molar refractivity (Wildman–Crippen MR) is 56.1 cm³/mol. The minimum atomic E-state index is -0.151. The van der Waals surface area contributed by atoms with Gasteiger partial charge < -0.3 is 15.1 Å². The van der Waals surface area contributed by atoms with Crippen LogP contribution in [0.2, 0.25) is 0 Å². The molecule has 0 bridgehead atoms. The summed E-state index contributed by atoms with van der Waals surface area (Å²) in [7, 11) is 1.87. The van der Waals surface area contributed by atoms with E-state index in [1.165, 1.54) is 0 Å². The minimum absolute atomic E-state index is 0.133. The van der Waals surface area contributed by atoms with Gasteiger partial charge in [0.05, 0.1) is 18.2 Å². The molecular formula is C11H16N2O2.